The lowest BCUT2D eigenvalue weighted by Crippen LogP contribution is -2.40. The number of rotatable bonds is 6. The molecule has 0 bridgehead atoms. The molecule has 0 N–H and O–H groups in total. The summed E-state index contributed by atoms with van der Waals surface area (Å²) >= 11 is 1.12. The molecule has 1 aliphatic heterocycles. The van der Waals surface area contributed by atoms with Crippen molar-refractivity contribution in [2.45, 2.75) is 19.9 Å². The Hall–Kier alpha value is -3.72. The summed E-state index contributed by atoms with van der Waals surface area (Å²) < 4.78 is 32.2. The van der Waals surface area contributed by atoms with Gasteiger partial charge in [-0.05, 0) is 44.2 Å². The second-order valence-electron chi connectivity index (χ2n) is 7.43. The van der Waals surface area contributed by atoms with Crippen molar-refractivity contribution in [2.75, 3.05) is 20.8 Å². The number of methoxy groups -OCH3 is 2. The predicted molar refractivity (Wildman–Crippen MR) is 126 cm³/mol. The number of fused-ring (bicyclic) bond motifs is 1. The van der Waals surface area contributed by atoms with Gasteiger partial charge in [-0.3, -0.25) is 9.36 Å². The maximum absolute atomic E-state index is 14.3. The Morgan fingerprint density at radius 1 is 1.21 bits per heavy atom. The average molecular weight is 483 g/mol. The summed E-state index contributed by atoms with van der Waals surface area (Å²) in [7, 11) is 3.03. The molecule has 0 saturated heterocycles. The zero-order chi connectivity index (χ0) is 24.4. The van der Waals surface area contributed by atoms with Gasteiger partial charge in [0.1, 0.15) is 23.4 Å². The van der Waals surface area contributed by atoms with Crippen molar-refractivity contribution in [1.82, 2.24) is 4.57 Å². The number of nitrogens with zero attached hydrogens (tertiary/aromatic N) is 2. The van der Waals surface area contributed by atoms with Crippen LogP contribution in [0.2, 0.25) is 0 Å². The van der Waals surface area contributed by atoms with Crippen LogP contribution in [0.1, 0.15) is 31.0 Å². The number of thiazole rings is 1. The number of hydrogen-bond donors (Lipinski definition) is 0. The smallest absolute Gasteiger partial charge is 0.338 e. The summed E-state index contributed by atoms with van der Waals surface area (Å²) in [6.07, 6.45) is 1.49. The minimum atomic E-state index is -0.872. The van der Waals surface area contributed by atoms with E-state index in [1.165, 1.54) is 30.9 Å². The highest BCUT2D eigenvalue weighted by Crippen LogP contribution is 2.37. The Morgan fingerprint density at radius 3 is 2.65 bits per heavy atom. The van der Waals surface area contributed by atoms with E-state index in [1.54, 1.807) is 50.2 Å². The molecule has 1 aliphatic rings. The van der Waals surface area contributed by atoms with Gasteiger partial charge < -0.3 is 14.2 Å². The Bertz CT molecular complexity index is 1470. The van der Waals surface area contributed by atoms with Gasteiger partial charge in [-0.15, -0.1) is 0 Å². The zero-order valence-electron chi connectivity index (χ0n) is 19.1. The molecule has 34 heavy (non-hydrogen) atoms. The first-order valence-electron chi connectivity index (χ1n) is 10.6. The number of esters is 1. The first-order chi connectivity index (χ1) is 16.4. The lowest BCUT2D eigenvalue weighted by Gasteiger charge is -2.26. The van der Waals surface area contributed by atoms with Crippen LogP contribution in [0.3, 0.4) is 0 Å². The quantitative estimate of drug-likeness (QED) is 0.505. The van der Waals surface area contributed by atoms with Gasteiger partial charge in [0.2, 0.25) is 0 Å². The summed E-state index contributed by atoms with van der Waals surface area (Å²) in [5.41, 5.74) is 1.06. The predicted octanol–water partition coefficient (Wildman–Crippen LogP) is 2.95. The summed E-state index contributed by atoms with van der Waals surface area (Å²) in [6.45, 7) is 3.56. The van der Waals surface area contributed by atoms with E-state index in [9.17, 15) is 14.0 Å². The van der Waals surface area contributed by atoms with Gasteiger partial charge in [0.25, 0.3) is 5.56 Å². The SMILES string of the molecule is CCOC(=O)C1=C(C)N=c2s/c(=C\c3ccccc3F)c(=O)n2[C@H]1c1cc(OC)ccc1OC. The number of benzene rings is 2. The number of halogens is 1. The maximum Gasteiger partial charge on any atom is 0.338 e. The molecule has 1 aromatic heterocycles. The highest BCUT2D eigenvalue weighted by atomic mass is 32.1. The lowest BCUT2D eigenvalue weighted by atomic mass is 9.94. The van der Waals surface area contributed by atoms with Crippen molar-refractivity contribution in [3.8, 4) is 11.5 Å². The summed E-state index contributed by atoms with van der Waals surface area (Å²) in [5, 5.41) is 0. The molecule has 7 nitrogen and oxygen atoms in total. The van der Waals surface area contributed by atoms with E-state index in [4.69, 9.17) is 14.2 Å². The van der Waals surface area contributed by atoms with Gasteiger partial charge >= 0.3 is 5.97 Å². The third kappa shape index (κ3) is 4.14. The van der Waals surface area contributed by atoms with E-state index in [-0.39, 0.29) is 22.3 Å². The molecular formula is C25H23FN2O5S. The molecule has 4 rings (SSSR count). The Balaban J connectivity index is 2.03. The van der Waals surface area contributed by atoms with Crippen molar-refractivity contribution in [2.24, 2.45) is 4.99 Å². The monoisotopic (exact) mass is 482 g/mol. The van der Waals surface area contributed by atoms with Crippen LogP contribution in [0, 0.1) is 5.82 Å². The molecule has 0 aliphatic carbocycles. The minimum Gasteiger partial charge on any atom is -0.497 e. The Labute approximate surface area is 199 Å². The highest BCUT2D eigenvalue weighted by Gasteiger charge is 2.35. The second-order valence-corrected chi connectivity index (χ2v) is 8.44. The summed E-state index contributed by atoms with van der Waals surface area (Å²) in [5.74, 6) is -0.0297. The highest BCUT2D eigenvalue weighted by molar-refractivity contribution is 7.07. The minimum absolute atomic E-state index is 0.162. The van der Waals surface area contributed by atoms with Crippen molar-refractivity contribution < 1.29 is 23.4 Å². The fourth-order valence-corrected chi connectivity index (χ4v) is 4.91. The van der Waals surface area contributed by atoms with E-state index in [0.717, 1.165) is 11.3 Å². The van der Waals surface area contributed by atoms with Gasteiger partial charge in [-0.1, -0.05) is 29.5 Å². The molecule has 9 heteroatoms. The third-order valence-corrected chi connectivity index (χ3v) is 6.42. The van der Waals surface area contributed by atoms with Crippen LogP contribution >= 0.6 is 11.3 Å². The molecule has 3 aromatic rings. The molecule has 0 amide bonds. The molecule has 0 fully saturated rings. The molecule has 176 valence electrons. The van der Waals surface area contributed by atoms with E-state index >= 15 is 0 Å². The topological polar surface area (TPSA) is 79.1 Å². The largest absolute Gasteiger partial charge is 0.497 e. The molecule has 2 aromatic carbocycles. The maximum atomic E-state index is 14.3. The fourth-order valence-electron chi connectivity index (χ4n) is 3.87. The normalized spacial score (nSPS) is 15.6. The van der Waals surface area contributed by atoms with Crippen LogP contribution in [-0.2, 0) is 9.53 Å². The van der Waals surface area contributed by atoms with Gasteiger partial charge in [0, 0.05) is 11.1 Å². The number of carbonyl (C=O) groups is 1. The van der Waals surface area contributed by atoms with Crippen molar-refractivity contribution in [3.63, 3.8) is 0 Å². The first-order valence-corrected chi connectivity index (χ1v) is 11.4. The van der Waals surface area contributed by atoms with Crippen molar-refractivity contribution in [1.29, 1.82) is 0 Å². The molecule has 2 heterocycles. The van der Waals surface area contributed by atoms with Gasteiger partial charge in [-0.25, -0.2) is 14.2 Å². The van der Waals surface area contributed by atoms with E-state index in [2.05, 4.69) is 4.99 Å². The second kappa shape index (κ2) is 9.64. The summed E-state index contributed by atoms with van der Waals surface area (Å²) in [6, 6.07) is 10.5. The lowest BCUT2D eigenvalue weighted by molar-refractivity contribution is -0.139. The fraction of sp³-hybridized carbons (Fsp3) is 0.240. The number of allylic oxidation sites excluding steroid dienone is 1. The van der Waals surface area contributed by atoms with Crippen LogP contribution in [0.15, 0.2) is 63.5 Å². The molecule has 0 saturated carbocycles. The van der Waals surface area contributed by atoms with Gasteiger partial charge in [-0.2, -0.15) is 0 Å². The number of hydrogen-bond acceptors (Lipinski definition) is 7. The van der Waals surface area contributed by atoms with Crippen LogP contribution in [0.4, 0.5) is 4.39 Å². The van der Waals surface area contributed by atoms with Crippen molar-refractivity contribution >= 4 is 23.4 Å². The van der Waals surface area contributed by atoms with E-state index in [1.807, 2.05) is 0 Å². The van der Waals surface area contributed by atoms with Gasteiger partial charge in [0.15, 0.2) is 4.80 Å². The average Bonchev–Trinajstić information content (AvgIpc) is 3.13. The zero-order valence-corrected chi connectivity index (χ0v) is 19.9. The van der Waals surface area contributed by atoms with Crippen LogP contribution in [-0.4, -0.2) is 31.4 Å². The molecule has 0 spiro atoms. The Kier molecular flexibility index (Phi) is 6.65. The third-order valence-electron chi connectivity index (χ3n) is 5.44. The summed E-state index contributed by atoms with van der Waals surface area (Å²) in [4.78, 5) is 31.5. The number of ether oxygens (including phenoxy) is 3. The van der Waals surface area contributed by atoms with Gasteiger partial charge in [0.05, 0.1) is 36.6 Å². The number of aromatic nitrogens is 1. The molecular weight excluding hydrogens is 459 g/mol. The van der Waals surface area contributed by atoms with Crippen LogP contribution in [0.5, 0.6) is 11.5 Å². The molecule has 0 unspecified atom stereocenters. The van der Waals surface area contributed by atoms with E-state index in [0.29, 0.717) is 27.6 Å². The Morgan fingerprint density at radius 2 is 1.97 bits per heavy atom. The van der Waals surface area contributed by atoms with Crippen LogP contribution in [0.25, 0.3) is 6.08 Å². The molecule has 0 radical (unpaired) electrons. The van der Waals surface area contributed by atoms with Crippen LogP contribution < -0.4 is 24.4 Å². The molecule has 1 atom stereocenters. The number of carbonyl (C=O) groups excluding carboxylic acids is 1. The first kappa shape index (κ1) is 23.4. The standard InChI is InChI=1S/C25H23FN2O5S/c1-5-33-24(30)21-14(2)27-25-28(22(21)17-13-16(31-3)10-11-19(17)32-4)23(29)20(34-25)12-15-8-6-7-9-18(15)26/h6-13,22H,5H2,1-4H3/b20-12-/t22-/m0/s1. The van der Waals surface area contributed by atoms with E-state index < -0.39 is 23.4 Å². The van der Waals surface area contributed by atoms with Crippen molar-refractivity contribution in [3.05, 3.63) is 90.4 Å².